The van der Waals surface area contributed by atoms with Crippen molar-refractivity contribution in [1.29, 1.82) is 0 Å². The highest BCUT2D eigenvalue weighted by Crippen LogP contribution is 2.34. The van der Waals surface area contributed by atoms with Crippen molar-refractivity contribution in [3.8, 4) is 11.5 Å². The number of benzene rings is 2. The standard InChI is InChI=1S/C18H13N3O5S/c1-25-14-7-10(13(21(23)24)9-15(14)26-2)8-16-17(22)20-12-6-4-3-5-11(12)19-18(20)27-16/h3-9H,1-2H3. The van der Waals surface area contributed by atoms with Crippen molar-refractivity contribution in [2.75, 3.05) is 14.2 Å². The van der Waals surface area contributed by atoms with Crippen LogP contribution in [0.2, 0.25) is 0 Å². The molecule has 4 aromatic rings. The molecular formula is C18H13N3O5S. The molecular weight excluding hydrogens is 370 g/mol. The second kappa shape index (κ2) is 6.36. The minimum atomic E-state index is -0.521. The van der Waals surface area contributed by atoms with Crippen LogP contribution >= 0.6 is 11.3 Å². The van der Waals surface area contributed by atoms with Gasteiger partial charge in [-0.05, 0) is 24.3 Å². The van der Waals surface area contributed by atoms with E-state index in [1.54, 1.807) is 0 Å². The molecule has 8 nitrogen and oxygen atoms in total. The highest BCUT2D eigenvalue weighted by molar-refractivity contribution is 7.15. The van der Waals surface area contributed by atoms with E-state index in [2.05, 4.69) is 4.98 Å². The number of hydrogen-bond acceptors (Lipinski definition) is 7. The van der Waals surface area contributed by atoms with Gasteiger partial charge in [0, 0.05) is 0 Å². The number of fused-ring (bicyclic) bond motifs is 3. The SMILES string of the molecule is COc1cc(C=c2sc3nc4ccccc4n3c2=O)c([N+](=O)[O-])cc1OC. The van der Waals surface area contributed by atoms with Crippen molar-refractivity contribution >= 4 is 39.1 Å². The van der Waals surface area contributed by atoms with Crippen LogP contribution in [-0.4, -0.2) is 28.5 Å². The number of rotatable bonds is 4. The molecule has 0 N–H and O–H groups in total. The number of methoxy groups -OCH3 is 2. The molecule has 2 aromatic carbocycles. The zero-order valence-corrected chi connectivity index (χ0v) is 15.1. The number of ether oxygens (including phenoxy) is 2. The number of hydrogen-bond donors (Lipinski definition) is 0. The quantitative estimate of drug-likeness (QED) is 0.397. The van der Waals surface area contributed by atoms with E-state index in [9.17, 15) is 14.9 Å². The molecule has 2 heterocycles. The van der Waals surface area contributed by atoms with Crippen molar-refractivity contribution in [3.05, 3.63) is 67.0 Å². The summed E-state index contributed by atoms with van der Waals surface area (Å²) in [5, 5.41) is 11.5. The van der Waals surface area contributed by atoms with Crippen molar-refractivity contribution in [1.82, 2.24) is 9.38 Å². The van der Waals surface area contributed by atoms with Crippen molar-refractivity contribution in [3.63, 3.8) is 0 Å². The summed E-state index contributed by atoms with van der Waals surface area (Å²) in [7, 11) is 2.85. The Kier molecular flexibility index (Phi) is 4.00. The van der Waals surface area contributed by atoms with Crippen LogP contribution in [0.15, 0.2) is 41.2 Å². The molecule has 9 heteroatoms. The molecule has 0 amide bonds. The van der Waals surface area contributed by atoms with Crippen molar-refractivity contribution in [2.45, 2.75) is 0 Å². The fourth-order valence-corrected chi connectivity index (χ4v) is 3.89. The van der Waals surface area contributed by atoms with E-state index in [1.165, 1.54) is 48.2 Å². The fraction of sp³-hybridized carbons (Fsp3) is 0.111. The van der Waals surface area contributed by atoms with E-state index in [0.29, 0.717) is 20.8 Å². The maximum absolute atomic E-state index is 12.8. The molecule has 2 aromatic heterocycles. The van der Waals surface area contributed by atoms with Crippen LogP contribution in [0.3, 0.4) is 0 Å². The molecule has 0 saturated heterocycles. The molecule has 0 aliphatic heterocycles. The van der Waals surface area contributed by atoms with E-state index < -0.39 is 4.92 Å². The Balaban J connectivity index is 2.00. The number of thiazole rings is 1. The molecule has 0 aliphatic carbocycles. The minimum absolute atomic E-state index is 0.178. The van der Waals surface area contributed by atoms with Gasteiger partial charge in [-0.1, -0.05) is 23.5 Å². The van der Waals surface area contributed by atoms with Crippen LogP contribution in [0.25, 0.3) is 22.1 Å². The Morgan fingerprint density at radius 2 is 1.89 bits per heavy atom. The Hall–Kier alpha value is -3.46. The second-order valence-corrected chi connectivity index (χ2v) is 6.67. The molecule has 0 atom stereocenters. The first-order valence-electron chi connectivity index (χ1n) is 7.85. The van der Waals surface area contributed by atoms with E-state index in [0.717, 1.165) is 5.52 Å². The van der Waals surface area contributed by atoms with Crippen LogP contribution < -0.4 is 19.6 Å². The molecule has 0 bridgehead atoms. The summed E-state index contributed by atoms with van der Waals surface area (Å²) in [6.07, 6.45) is 1.48. The Morgan fingerprint density at radius 3 is 2.59 bits per heavy atom. The van der Waals surface area contributed by atoms with Gasteiger partial charge in [0.05, 0.1) is 46.3 Å². The zero-order valence-electron chi connectivity index (χ0n) is 14.3. The number of nitro groups is 1. The lowest BCUT2D eigenvalue weighted by atomic mass is 10.1. The Bertz CT molecular complexity index is 1310. The zero-order chi connectivity index (χ0) is 19.1. The topological polar surface area (TPSA) is 96.0 Å². The van der Waals surface area contributed by atoms with Crippen LogP contribution in [-0.2, 0) is 0 Å². The monoisotopic (exact) mass is 383 g/mol. The van der Waals surface area contributed by atoms with E-state index >= 15 is 0 Å². The summed E-state index contributed by atoms with van der Waals surface area (Å²) >= 11 is 1.18. The third kappa shape index (κ3) is 2.68. The van der Waals surface area contributed by atoms with Gasteiger partial charge >= 0.3 is 0 Å². The van der Waals surface area contributed by atoms with Crippen LogP contribution in [0, 0.1) is 10.1 Å². The number of para-hydroxylation sites is 2. The summed E-state index contributed by atoms with van der Waals surface area (Å²) in [5.41, 5.74) is 1.24. The smallest absolute Gasteiger partial charge is 0.280 e. The molecule has 4 rings (SSSR count). The van der Waals surface area contributed by atoms with Crippen molar-refractivity contribution < 1.29 is 14.4 Å². The van der Waals surface area contributed by atoms with Crippen LogP contribution in [0.5, 0.6) is 11.5 Å². The maximum Gasteiger partial charge on any atom is 0.280 e. The van der Waals surface area contributed by atoms with E-state index in [1.807, 2.05) is 24.3 Å². The van der Waals surface area contributed by atoms with E-state index in [-0.39, 0.29) is 22.6 Å². The largest absolute Gasteiger partial charge is 0.493 e. The van der Waals surface area contributed by atoms with Gasteiger partial charge in [-0.2, -0.15) is 0 Å². The van der Waals surface area contributed by atoms with Crippen LogP contribution in [0.1, 0.15) is 5.56 Å². The fourth-order valence-electron chi connectivity index (χ4n) is 2.91. The van der Waals surface area contributed by atoms with Gasteiger partial charge in [0.1, 0.15) is 0 Å². The first-order chi connectivity index (χ1) is 13.0. The summed E-state index contributed by atoms with van der Waals surface area (Å²) in [5.74, 6) is 0.587. The summed E-state index contributed by atoms with van der Waals surface area (Å²) in [6, 6.07) is 10.1. The van der Waals surface area contributed by atoms with Gasteiger partial charge in [-0.15, -0.1) is 0 Å². The predicted octanol–water partition coefficient (Wildman–Crippen LogP) is 2.38. The van der Waals surface area contributed by atoms with Gasteiger partial charge in [-0.3, -0.25) is 14.9 Å². The van der Waals surface area contributed by atoms with Crippen molar-refractivity contribution in [2.24, 2.45) is 0 Å². The van der Waals surface area contributed by atoms with Gasteiger partial charge in [0.25, 0.3) is 11.2 Å². The van der Waals surface area contributed by atoms with Gasteiger partial charge in [0.2, 0.25) is 0 Å². The third-order valence-corrected chi connectivity index (χ3v) is 5.13. The first kappa shape index (κ1) is 17.0. The van der Waals surface area contributed by atoms with Crippen LogP contribution in [0.4, 0.5) is 5.69 Å². The second-order valence-electron chi connectivity index (χ2n) is 5.66. The molecule has 0 unspecified atom stereocenters. The normalized spacial score (nSPS) is 12.0. The molecule has 136 valence electrons. The number of nitrogens with zero attached hydrogens (tertiary/aromatic N) is 3. The van der Waals surface area contributed by atoms with Gasteiger partial charge < -0.3 is 9.47 Å². The number of aromatic nitrogens is 2. The summed E-state index contributed by atoms with van der Waals surface area (Å²) in [6.45, 7) is 0. The molecule has 0 spiro atoms. The average Bonchev–Trinajstić information content (AvgIpc) is 3.17. The highest BCUT2D eigenvalue weighted by Gasteiger charge is 2.19. The Morgan fingerprint density at radius 1 is 1.19 bits per heavy atom. The lowest BCUT2D eigenvalue weighted by Gasteiger charge is -2.08. The molecule has 27 heavy (non-hydrogen) atoms. The minimum Gasteiger partial charge on any atom is -0.493 e. The number of imidazole rings is 1. The lowest BCUT2D eigenvalue weighted by Crippen LogP contribution is -2.22. The van der Waals surface area contributed by atoms with E-state index in [4.69, 9.17) is 9.47 Å². The lowest BCUT2D eigenvalue weighted by molar-refractivity contribution is -0.385. The summed E-state index contributed by atoms with van der Waals surface area (Å²) in [4.78, 5) is 28.8. The van der Waals surface area contributed by atoms with Gasteiger partial charge in [0.15, 0.2) is 16.5 Å². The highest BCUT2D eigenvalue weighted by atomic mass is 32.1. The predicted molar refractivity (Wildman–Crippen MR) is 102 cm³/mol. The molecule has 0 radical (unpaired) electrons. The average molecular weight is 383 g/mol. The molecule has 0 saturated carbocycles. The summed E-state index contributed by atoms with van der Waals surface area (Å²) < 4.78 is 12.2. The first-order valence-corrected chi connectivity index (χ1v) is 8.67. The maximum atomic E-state index is 12.8. The Labute approximate surface area is 156 Å². The molecule has 0 aliphatic rings. The molecule has 0 fully saturated rings. The number of nitro benzene ring substituents is 1. The van der Waals surface area contributed by atoms with Gasteiger partial charge in [-0.25, -0.2) is 9.38 Å². The third-order valence-electron chi connectivity index (χ3n) is 4.16.